The van der Waals surface area contributed by atoms with E-state index in [1.54, 1.807) is 4.90 Å². The van der Waals surface area contributed by atoms with Crippen molar-refractivity contribution in [3.05, 3.63) is 24.3 Å². The zero-order chi connectivity index (χ0) is 13.9. The maximum absolute atomic E-state index is 12.3. The minimum atomic E-state index is -0.0841. The molecule has 0 spiro atoms. The predicted molar refractivity (Wildman–Crippen MR) is 72.8 cm³/mol. The molecule has 1 amide bonds. The molecule has 1 atom stereocenters. The van der Waals surface area contributed by atoms with Crippen LogP contribution in [-0.4, -0.2) is 38.1 Å². The van der Waals surface area contributed by atoms with Crippen LogP contribution < -0.4 is 9.64 Å². The van der Waals surface area contributed by atoms with Gasteiger partial charge in [0.25, 0.3) is 0 Å². The number of anilines is 1. The number of nitrogens with zero attached hydrogens (tertiary/aromatic N) is 1. The van der Waals surface area contributed by atoms with Gasteiger partial charge in [0.05, 0.1) is 31.9 Å². The summed E-state index contributed by atoms with van der Waals surface area (Å²) in [5.74, 6) is 0.572. The Bertz CT molecular complexity index is 522. The first-order chi connectivity index (χ1) is 9.75. The van der Waals surface area contributed by atoms with Crippen molar-refractivity contribution in [1.82, 2.24) is 0 Å². The molecule has 0 saturated carbocycles. The lowest BCUT2D eigenvalue weighted by atomic mass is 10.0. The molecule has 0 aromatic heterocycles. The number of benzene rings is 1. The summed E-state index contributed by atoms with van der Waals surface area (Å²) in [6, 6.07) is 7.34. The zero-order valence-corrected chi connectivity index (χ0v) is 11.2. The molecule has 20 heavy (non-hydrogen) atoms. The number of Topliss-reactive ketones (excluding diaryl/α,β-unsaturated/α-hetero) is 1. The lowest BCUT2D eigenvalue weighted by Crippen LogP contribution is -2.37. The second kappa shape index (κ2) is 5.63. The smallest absolute Gasteiger partial charge is 0.230 e. The molecule has 5 nitrogen and oxygen atoms in total. The number of amides is 1. The molecule has 1 aromatic rings. The van der Waals surface area contributed by atoms with Gasteiger partial charge in [0.1, 0.15) is 5.75 Å². The number of para-hydroxylation sites is 2. The molecule has 3 rings (SSSR count). The summed E-state index contributed by atoms with van der Waals surface area (Å²) in [6.07, 6.45) is 1.04. The minimum Gasteiger partial charge on any atom is -0.491 e. The van der Waals surface area contributed by atoms with Crippen molar-refractivity contribution in [1.29, 1.82) is 0 Å². The molecule has 0 aliphatic carbocycles. The van der Waals surface area contributed by atoms with Crippen LogP contribution >= 0.6 is 0 Å². The topological polar surface area (TPSA) is 55.8 Å². The average molecular weight is 275 g/mol. The summed E-state index contributed by atoms with van der Waals surface area (Å²) in [6.45, 7) is 1.56. The van der Waals surface area contributed by atoms with Gasteiger partial charge in [-0.25, -0.2) is 0 Å². The third-order valence-corrected chi connectivity index (χ3v) is 3.73. The Labute approximate surface area is 117 Å². The SMILES string of the molecule is O=C(CN1C(=O)CCOc2ccccc21)C1CCOC1. The summed E-state index contributed by atoms with van der Waals surface area (Å²) >= 11 is 0. The normalized spacial score (nSPS) is 22.1. The molecule has 2 aliphatic heterocycles. The first-order valence-electron chi connectivity index (χ1n) is 6.88. The van der Waals surface area contributed by atoms with Crippen LogP contribution in [0.2, 0.25) is 0 Å². The van der Waals surface area contributed by atoms with Gasteiger partial charge in [-0.1, -0.05) is 12.1 Å². The van der Waals surface area contributed by atoms with Crippen molar-refractivity contribution in [2.45, 2.75) is 12.8 Å². The number of rotatable bonds is 3. The highest BCUT2D eigenvalue weighted by Gasteiger charge is 2.29. The fourth-order valence-electron chi connectivity index (χ4n) is 2.57. The van der Waals surface area contributed by atoms with E-state index in [-0.39, 0.29) is 24.2 Å². The highest BCUT2D eigenvalue weighted by Crippen LogP contribution is 2.31. The molecule has 0 bridgehead atoms. The molecule has 1 fully saturated rings. The molecule has 0 radical (unpaired) electrons. The number of hydrogen-bond acceptors (Lipinski definition) is 4. The quantitative estimate of drug-likeness (QED) is 0.837. The summed E-state index contributed by atoms with van der Waals surface area (Å²) in [5, 5.41) is 0. The number of ketones is 1. The van der Waals surface area contributed by atoms with Crippen LogP contribution in [0.3, 0.4) is 0 Å². The van der Waals surface area contributed by atoms with Gasteiger partial charge in [0, 0.05) is 12.5 Å². The standard InChI is InChI=1S/C15H17NO4/c17-13(11-5-7-19-10-11)9-16-12-3-1-2-4-14(12)20-8-6-15(16)18/h1-4,11H,5-10H2. The van der Waals surface area contributed by atoms with Gasteiger partial charge >= 0.3 is 0 Å². The molecule has 1 aromatic carbocycles. The van der Waals surface area contributed by atoms with E-state index in [4.69, 9.17) is 9.47 Å². The van der Waals surface area contributed by atoms with E-state index in [0.29, 0.717) is 37.7 Å². The summed E-state index contributed by atoms with van der Waals surface area (Å²) in [4.78, 5) is 26.0. The van der Waals surface area contributed by atoms with Crippen LogP contribution in [0.1, 0.15) is 12.8 Å². The van der Waals surface area contributed by atoms with E-state index >= 15 is 0 Å². The van der Waals surface area contributed by atoms with Gasteiger partial charge < -0.3 is 14.4 Å². The Balaban J connectivity index is 1.82. The third kappa shape index (κ3) is 2.54. The van der Waals surface area contributed by atoms with Crippen molar-refractivity contribution in [2.75, 3.05) is 31.3 Å². The van der Waals surface area contributed by atoms with Crippen LogP contribution in [0.25, 0.3) is 0 Å². The molecule has 2 aliphatic rings. The number of carbonyl (C=O) groups is 2. The first kappa shape index (κ1) is 13.1. The highest BCUT2D eigenvalue weighted by molar-refractivity contribution is 6.01. The second-order valence-electron chi connectivity index (χ2n) is 5.07. The van der Waals surface area contributed by atoms with Crippen molar-refractivity contribution in [3.8, 4) is 5.75 Å². The van der Waals surface area contributed by atoms with Gasteiger partial charge in [0.15, 0.2) is 5.78 Å². The van der Waals surface area contributed by atoms with Crippen molar-refractivity contribution in [2.24, 2.45) is 5.92 Å². The molecule has 2 heterocycles. The number of fused-ring (bicyclic) bond motifs is 1. The molecule has 1 unspecified atom stereocenters. The molecular weight excluding hydrogens is 258 g/mol. The van der Waals surface area contributed by atoms with Crippen LogP contribution in [0.15, 0.2) is 24.3 Å². The van der Waals surface area contributed by atoms with Crippen molar-refractivity contribution in [3.63, 3.8) is 0 Å². The van der Waals surface area contributed by atoms with E-state index in [9.17, 15) is 9.59 Å². The Kier molecular flexibility index (Phi) is 3.69. The largest absolute Gasteiger partial charge is 0.491 e. The number of ether oxygens (including phenoxy) is 2. The highest BCUT2D eigenvalue weighted by atomic mass is 16.5. The summed E-state index contributed by atoms with van der Waals surface area (Å²) in [7, 11) is 0. The lowest BCUT2D eigenvalue weighted by molar-refractivity contribution is -0.125. The summed E-state index contributed by atoms with van der Waals surface area (Å²) in [5.41, 5.74) is 0.683. The maximum atomic E-state index is 12.3. The lowest BCUT2D eigenvalue weighted by Gasteiger charge is -2.22. The Morgan fingerprint density at radius 3 is 2.95 bits per heavy atom. The van der Waals surface area contributed by atoms with E-state index in [1.807, 2.05) is 24.3 Å². The van der Waals surface area contributed by atoms with Crippen LogP contribution in [-0.2, 0) is 14.3 Å². The first-order valence-corrected chi connectivity index (χ1v) is 6.88. The van der Waals surface area contributed by atoms with E-state index in [0.717, 1.165) is 6.42 Å². The van der Waals surface area contributed by atoms with Crippen LogP contribution in [0.4, 0.5) is 5.69 Å². The Hall–Kier alpha value is -1.88. The summed E-state index contributed by atoms with van der Waals surface area (Å²) < 4.78 is 10.8. The van der Waals surface area contributed by atoms with Crippen molar-refractivity contribution < 1.29 is 19.1 Å². The van der Waals surface area contributed by atoms with Gasteiger partial charge in [-0.05, 0) is 18.6 Å². The second-order valence-corrected chi connectivity index (χ2v) is 5.07. The number of carbonyl (C=O) groups excluding carboxylic acids is 2. The monoisotopic (exact) mass is 275 g/mol. The molecule has 106 valence electrons. The zero-order valence-electron chi connectivity index (χ0n) is 11.2. The average Bonchev–Trinajstić information content (AvgIpc) is 2.94. The van der Waals surface area contributed by atoms with Gasteiger partial charge in [-0.15, -0.1) is 0 Å². The van der Waals surface area contributed by atoms with Gasteiger partial charge in [0.2, 0.25) is 5.91 Å². The van der Waals surface area contributed by atoms with Crippen LogP contribution in [0, 0.1) is 5.92 Å². The van der Waals surface area contributed by atoms with Gasteiger partial charge in [-0.3, -0.25) is 9.59 Å². The third-order valence-electron chi connectivity index (χ3n) is 3.73. The molecule has 0 N–H and O–H groups in total. The molecular formula is C15H17NO4. The molecule has 1 saturated heterocycles. The fraction of sp³-hybridized carbons (Fsp3) is 0.467. The predicted octanol–water partition coefficient (Wildman–Crippen LogP) is 1.41. The fourth-order valence-corrected chi connectivity index (χ4v) is 2.57. The van der Waals surface area contributed by atoms with E-state index < -0.39 is 0 Å². The maximum Gasteiger partial charge on any atom is 0.230 e. The minimum absolute atomic E-state index is 0.0625. The van der Waals surface area contributed by atoms with Crippen molar-refractivity contribution >= 4 is 17.4 Å². The van der Waals surface area contributed by atoms with E-state index in [1.165, 1.54) is 0 Å². The Morgan fingerprint density at radius 1 is 1.30 bits per heavy atom. The molecule has 5 heteroatoms. The van der Waals surface area contributed by atoms with E-state index in [2.05, 4.69) is 0 Å². The van der Waals surface area contributed by atoms with Crippen LogP contribution in [0.5, 0.6) is 5.75 Å². The number of hydrogen-bond donors (Lipinski definition) is 0. The van der Waals surface area contributed by atoms with Gasteiger partial charge in [-0.2, -0.15) is 0 Å². The Morgan fingerprint density at radius 2 is 2.15 bits per heavy atom.